The molecular weight excluding hydrogens is 346 g/mol. The van der Waals surface area contributed by atoms with Crippen LogP contribution in [0.5, 0.6) is 11.5 Å². The first-order chi connectivity index (χ1) is 11.9. The summed E-state index contributed by atoms with van der Waals surface area (Å²) in [6.07, 6.45) is 1.25. The van der Waals surface area contributed by atoms with E-state index in [1.165, 1.54) is 35.5 Å². The van der Waals surface area contributed by atoms with Gasteiger partial charge >= 0.3 is 0 Å². The maximum Gasteiger partial charge on any atom is 0.285 e. The summed E-state index contributed by atoms with van der Waals surface area (Å²) in [5, 5.41) is 33.9. The molecule has 25 heavy (non-hydrogen) atoms. The Morgan fingerprint density at radius 3 is 2.64 bits per heavy atom. The highest BCUT2D eigenvalue weighted by Gasteiger charge is 2.31. The standard InChI is InChI=1S/C16H15N3O5S/c20-9-8-19(17-10-11-4-3-6-13(21)15(11)22)16-12-5-1-2-7-14(12)25(23,24)18-16/h1-7,10,20-22H,8-9H2/b17-10+. The van der Waals surface area contributed by atoms with E-state index in [0.29, 0.717) is 5.56 Å². The first-order valence-corrected chi connectivity index (χ1v) is 8.76. The zero-order chi connectivity index (χ0) is 18.0. The van der Waals surface area contributed by atoms with Crippen molar-refractivity contribution in [2.24, 2.45) is 9.50 Å². The van der Waals surface area contributed by atoms with Crippen molar-refractivity contribution in [1.82, 2.24) is 5.01 Å². The fraction of sp³-hybridized carbons (Fsp3) is 0.125. The summed E-state index contributed by atoms with van der Waals surface area (Å²) in [5.41, 5.74) is 0.617. The second kappa shape index (κ2) is 6.54. The number of nitrogens with zero attached hydrogens (tertiary/aromatic N) is 3. The van der Waals surface area contributed by atoms with Gasteiger partial charge in [0.25, 0.3) is 10.0 Å². The molecule has 0 spiro atoms. The van der Waals surface area contributed by atoms with Crippen LogP contribution in [-0.4, -0.2) is 53.9 Å². The van der Waals surface area contributed by atoms with Gasteiger partial charge in [-0.1, -0.05) is 18.2 Å². The van der Waals surface area contributed by atoms with Crippen LogP contribution >= 0.6 is 0 Å². The Labute approximate surface area is 144 Å². The number of amidine groups is 1. The number of benzene rings is 2. The van der Waals surface area contributed by atoms with E-state index in [4.69, 9.17) is 0 Å². The van der Waals surface area contributed by atoms with E-state index in [9.17, 15) is 23.7 Å². The van der Waals surface area contributed by atoms with Crippen LogP contribution < -0.4 is 0 Å². The van der Waals surface area contributed by atoms with Crippen LogP contribution in [-0.2, 0) is 10.0 Å². The van der Waals surface area contributed by atoms with Gasteiger partial charge < -0.3 is 15.3 Å². The molecule has 0 fully saturated rings. The number of para-hydroxylation sites is 1. The van der Waals surface area contributed by atoms with Crippen LogP contribution in [0.25, 0.3) is 0 Å². The summed E-state index contributed by atoms with van der Waals surface area (Å²) in [6, 6.07) is 10.7. The fourth-order valence-corrected chi connectivity index (χ4v) is 3.58. The predicted octanol–water partition coefficient (Wildman–Crippen LogP) is 0.875. The maximum absolute atomic E-state index is 12.1. The highest BCUT2D eigenvalue weighted by molar-refractivity contribution is 7.90. The quantitative estimate of drug-likeness (QED) is 0.422. The summed E-state index contributed by atoms with van der Waals surface area (Å²) in [5.74, 6) is -0.569. The minimum atomic E-state index is -3.81. The number of aliphatic hydroxyl groups excluding tert-OH is 1. The van der Waals surface area contributed by atoms with E-state index in [2.05, 4.69) is 9.50 Å². The average Bonchev–Trinajstić information content (AvgIpc) is 2.87. The van der Waals surface area contributed by atoms with Crippen LogP contribution in [0.1, 0.15) is 11.1 Å². The molecule has 0 unspecified atom stereocenters. The van der Waals surface area contributed by atoms with Crippen molar-refractivity contribution in [2.45, 2.75) is 4.90 Å². The number of hydrogen-bond acceptors (Lipinski definition) is 7. The molecule has 0 amide bonds. The molecule has 0 radical (unpaired) electrons. The molecular formula is C16H15N3O5S. The summed E-state index contributed by atoms with van der Waals surface area (Å²) in [4.78, 5) is 0.0725. The molecule has 2 aromatic rings. The molecule has 1 aliphatic heterocycles. The van der Waals surface area contributed by atoms with Crippen molar-refractivity contribution in [2.75, 3.05) is 13.2 Å². The minimum absolute atomic E-state index is 0.00122. The van der Waals surface area contributed by atoms with E-state index in [0.717, 1.165) is 0 Å². The number of rotatable bonds is 4. The van der Waals surface area contributed by atoms with Crippen LogP contribution in [0.3, 0.4) is 0 Å². The average molecular weight is 361 g/mol. The minimum Gasteiger partial charge on any atom is -0.504 e. The number of sulfonamides is 1. The van der Waals surface area contributed by atoms with Crippen molar-refractivity contribution < 1.29 is 23.7 Å². The Morgan fingerprint density at radius 1 is 1.12 bits per heavy atom. The summed E-state index contributed by atoms with van der Waals surface area (Å²) < 4.78 is 28.0. The first-order valence-electron chi connectivity index (χ1n) is 7.32. The zero-order valence-corrected chi connectivity index (χ0v) is 13.8. The molecule has 0 saturated heterocycles. The van der Waals surface area contributed by atoms with Gasteiger partial charge in [0, 0.05) is 11.1 Å². The summed E-state index contributed by atoms with van der Waals surface area (Å²) >= 11 is 0. The molecule has 0 bridgehead atoms. The molecule has 9 heteroatoms. The third-order valence-corrected chi connectivity index (χ3v) is 4.88. The van der Waals surface area contributed by atoms with Crippen molar-refractivity contribution in [1.29, 1.82) is 0 Å². The van der Waals surface area contributed by atoms with Gasteiger partial charge in [0.1, 0.15) is 4.90 Å². The molecule has 1 heterocycles. The number of hydrogen-bond donors (Lipinski definition) is 3. The lowest BCUT2D eigenvalue weighted by Gasteiger charge is -2.17. The van der Waals surface area contributed by atoms with Crippen LogP contribution in [0.2, 0.25) is 0 Å². The third-order valence-electron chi connectivity index (χ3n) is 3.55. The lowest BCUT2D eigenvalue weighted by atomic mass is 10.2. The van der Waals surface area contributed by atoms with Gasteiger partial charge in [-0.3, -0.25) is 0 Å². The van der Waals surface area contributed by atoms with E-state index in [1.807, 2.05) is 0 Å². The molecule has 3 N–H and O–H groups in total. The Hall–Kier alpha value is -2.91. The molecule has 2 aromatic carbocycles. The van der Waals surface area contributed by atoms with Gasteiger partial charge in [0.05, 0.1) is 19.4 Å². The smallest absolute Gasteiger partial charge is 0.285 e. The second-order valence-corrected chi connectivity index (χ2v) is 6.76. The van der Waals surface area contributed by atoms with Gasteiger partial charge in [0.2, 0.25) is 0 Å². The van der Waals surface area contributed by atoms with Crippen molar-refractivity contribution in [3.63, 3.8) is 0 Å². The SMILES string of the molecule is O=S1(=O)N=C(N(CCO)/N=C/c2cccc(O)c2O)c2ccccc21. The molecule has 0 aliphatic carbocycles. The fourth-order valence-electron chi connectivity index (χ4n) is 2.37. The first kappa shape index (κ1) is 16.9. The lowest BCUT2D eigenvalue weighted by Crippen LogP contribution is -2.28. The predicted molar refractivity (Wildman–Crippen MR) is 91.3 cm³/mol. The molecule has 8 nitrogen and oxygen atoms in total. The van der Waals surface area contributed by atoms with Crippen molar-refractivity contribution in [3.05, 3.63) is 53.6 Å². The van der Waals surface area contributed by atoms with Gasteiger partial charge in [-0.05, 0) is 24.3 Å². The molecule has 3 rings (SSSR count). The van der Waals surface area contributed by atoms with Gasteiger partial charge in [-0.25, -0.2) is 5.01 Å². The Bertz CT molecular complexity index is 969. The van der Waals surface area contributed by atoms with Gasteiger partial charge in [-0.2, -0.15) is 13.5 Å². The maximum atomic E-state index is 12.1. The second-order valence-electron chi connectivity index (χ2n) is 5.19. The van der Waals surface area contributed by atoms with Crippen molar-refractivity contribution >= 4 is 22.1 Å². The highest BCUT2D eigenvalue weighted by Crippen LogP contribution is 2.29. The van der Waals surface area contributed by atoms with Crippen LogP contribution in [0, 0.1) is 0 Å². The lowest BCUT2D eigenvalue weighted by molar-refractivity contribution is 0.254. The van der Waals surface area contributed by atoms with Crippen LogP contribution in [0.15, 0.2) is 56.9 Å². The number of hydrazone groups is 1. The molecule has 0 saturated carbocycles. The van der Waals surface area contributed by atoms with E-state index < -0.39 is 10.0 Å². The van der Waals surface area contributed by atoms with E-state index in [-0.39, 0.29) is 40.9 Å². The number of fused-ring (bicyclic) bond motifs is 1. The van der Waals surface area contributed by atoms with Gasteiger partial charge in [-0.15, -0.1) is 4.40 Å². The monoisotopic (exact) mass is 361 g/mol. The number of phenolic OH excluding ortho intramolecular Hbond substituents is 2. The Balaban J connectivity index is 2.00. The Morgan fingerprint density at radius 2 is 1.88 bits per heavy atom. The van der Waals surface area contributed by atoms with Crippen LogP contribution in [0.4, 0.5) is 0 Å². The van der Waals surface area contributed by atoms with Crippen molar-refractivity contribution in [3.8, 4) is 11.5 Å². The van der Waals surface area contributed by atoms with E-state index in [1.54, 1.807) is 18.2 Å². The topological polar surface area (TPSA) is 123 Å². The zero-order valence-electron chi connectivity index (χ0n) is 12.9. The number of aromatic hydroxyl groups is 2. The molecule has 0 atom stereocenters. The Kier molecular flexibility index (Phi) is 4.43. The summed E-state index contributed by atoms with van der Waals surface area (Å²) in [7, 11) is -3.81. The van der Waals surface area contributed by atoms with E-state index >= 15 is 0 Å². The third kappa shape index (κ3) is 3.19. The molecule has 1 aliphatic rings. The number of aliphatic hydroxyl groups is 1. The largest absolute Gasteiger partial charge is 0.504 e. The molecule has 0 aromatic heterocycles. The highest BCUT2D eigenvalue weighted by atomic mass is 32.2. The van der Waals surface area contributed by atoms with Gasteiger partial charge in [0.15, 0.2) is 17.3 Å². The normalized spacial score (nSPS) is 15.2. The number of phenols is 2. The molecule has 130 valence electrons. The summed E-state index contributed by atoms with van der Waals surface area (Å²) in [6.45, 7) is -0.288.